The number of nitrogens with one attached hydrogen (secondary N) is 1. The van der Waals surface area contributed by atoms with E-state index >= 15 is 0 Å². The molecule has 1 heterocycles. The Morgan fingerprint density at radius 2 is 1.83 bits per heavy atom. The fraction of sp³-hybridized carbons (Fsp3) is 0.391. The fourth-order valence-corrected chi connectivity index (χ4v) is 3.72. The maximum Gasteiger partial charge on any atom is 0.243 e. The lowest BCUT2D eigenvalue weighted by Crippen LogP contribution is -2.39. The summed E-state index contributed by atoms with van der Waals surface area (Å²) >= 11 is 5.95. The van der Waals surface area contributed by atoms with Crippen LogP contribution in [0.2, 0.25) is 5.02 Å². The number of hydrazone groups is 1. The summed E-state index contributed by atoms with van der Waals surface area (Å²) in [6.45, 7) is 4.49. The molecule has 1 aliphatic heterocycles. The van der Waals surface area contributed by atoms with Crippen LogP contribution in [0, 0.1) is 5.92 Å². The van der Waals surface area contributed by atoms with Gasteiger partial charge in [0, 0.05) is 29.1 Å². The number of hydrogen-bond donors (Lipinski definition) is 1. The number of nitrogens with zero attached hydrogens (tertiary/aromatic N) is 2. The first-order valence-corrected chi connectivity index (χ1v) is 10.4. The van der Waals surface area contributed by atoms with E-state index in [0.29, 0.717) is 17.2 Å². The Hall–Kier alpha value is -2.57. The number of carbonyl (C=O) groups excluding carboxylic acids is 1. The molecule has 0 aliphatic carbocycles. The molecule has 0 saturated carbocycles. The van der Waals surface area contributed by atoms with Crippen LogP contribution in [0.3, 0.4) is 0 Å². The van der Waals surface area contributed by atoms with E-state index in [1.165, 1.54) is 5.56 Å². The van der Waals surface area contributed by atoms with Crippen molar-refractivity contribution in [2.75, 3.05) is 27.3 Å². The average Bonchev–Trinajstić information content (AvgIpc) is 2.78. The van der Waals surface area contributed by atoms with E-state index in [-0.39, 0.29) is 11.8 Å². The van der Waals surface area contributed by atoms with E-state index in [9.17, 15) is 4.79 Å². The second kappa shape index (κ2) is 10.5. The molecule has 6 nitrogen and oxygen atoms in total. The lowest BCUT2D eigenvalue weighted by Gasteiger charge is -2.31. The van der Waals surface area contributed by atoms with E-state index in [1.807, 2.05) is 43.3 Å². The Labute approximate surface area is 182 Å². The summed E-state index contributed by atoms with van der Waals surface area (Å²) in [5.41, 5.74) is 5.46. The van der Waals surface area contributed by atoms with Crippen molar-refractivity contribution in [2.45, 2.75) is 26.3 Å². The predicted molar refractivity (Wildman–Crippen MR) is 119 cm³/mol. The molecule has 1 saturated heterocycles. The molecular weight excluding hydrogens is 402 g/mol. The van der Waals surface area contributed by atoms with Crippen molar-refractivity contribution >= 4 is 23.2 Å². The molecule has 1 aliphatic rings. The first-order chi connectivity index (χ1) is 14.5. The smallest absolute Gasteiger partial charge is 0.243 e. The van der Waals surface area contributed by atoms with Crippen LogP contribution in [0.5, 0.6) is 11.5 Å². The van der Waals surface area contributed by atoms with Crippen molar-refractivity contribution in [3.63, 3.8) is 0 Å². The van der Waals surface area contributed by atoms with Crippen molar-refractivity contribution < 1.29 is 14.3 Å². The largest absolute Gasteiger partial charge is 0.497 e. The van der Waals surface area contributed by atoms with Gasteiger partial charge in [-0.3, -0.25) is 9.69 Å². The summed E-state index contributed by atoms with van der Waals surface area (Å²) < 4.78 is 10.6. The summed E-state index contributed by atoms with van der Waals surface area (Å²) in [5.74, 6) is 1.30. The summed E-state index contributed by atoms with van der Waals surface area (Å²) in [5, 5.41) is 5.05. The topological polar surface area (TPSA) is 63.2 Å². The number of ether oxygens (including phenoxy) is 2. The fourth-order valence-electron chi connectivity index (χ4n) is 3.59. The molecule has 30 heavy (non-hydrogen) atoms. The third kappa shape index (κ3) is 5.74. The van der Waals surface area contributed by atoms with Gasteiger partial charge < -0.3 is 9.47 Å². The molecule has 7 heteroatoms. The van der Waals surface area contributed by atoms with Crippen molar-refractivity contribution in [1.29, 1.82) is 0 Å². The van der Waals surface area contributed by atoms with E-state index < -0.39 is 0 Å². The molecule has 0 atom stereocenters. The van der Waals surface area contributed by atoms with Gasteiger partial charge in [-0.2, -0.15) is 5.10 Å². The third-order valence-electron chi connectivity index (χ3n) is 5.41. The Morgan fingerprint density at radius 1 is 1.13 bits per heavy atom. The maximum atomic E-state index is 12.6. The average molecular weight is 430 g/mol. The van der Waals surface area contributed by atoms with Gasteiger partial charge in [-0.25, -0.2) is 5.43 Å². The predicted octanol–water partition coefficient (Wildman–Crippen LogP) is 4.11. The molecule has 1 amide bonds. The monoisotopic (exact) mass is 429 g/mol. The normalized spacial score (nSPS) is 15.7. The molecular formula is C23H28ClN3O3. The zero-order valence-corrected chi connectivity index (χ0v) is 18.4. The van der Waals surface area contributed by atoms with Gasteiger partial charge in [-0.05, 0) is 62.7 Å². The molecule has 0 radical (unpaired) electrons. The highest BCUT2D eigenvalue weighted by atomic mass is 35.5. The Kier molecular flexibility index (Phi) is 7.71. The number of hydrogen-bond acceptors (Lipinski definition) is 5. The second-order valence-electron chi connectivity index (χ2n) is 7.42. The minimum Gasteiger partial charge on any atom is -0.497 e. The molecule has 0 aromatic heterocycles. The van der Waals surface area contributed by atoms with Crippen LogP contribution in [-0.4, -0.2) is 43.8 Å². The number of halogens is 1. The number of benzene rings is 2. The van der Waals surface area contributed by atoms with Crippen LogP contribution in [-0.2, 0) is 11.3 Å². The molecule has 0 spiro atoms. The SMILES string of the molecule is COc1ccc(/C(C)=N/NC(=O)C2CCN(Cc3ccc(Cl)cc3)CC2)c(OC)c1. The van der Waals surface area contributed by atoms with Gasteiger partial charge in [0.2, 0.25) is 5.91 Å². The Morgan fingerprint density at radius 3 is 2.47 bits per heavy atom. The highest BCUT2D eigenvalue weighted by molar-refractivity contribution is 6.30. The maximum absolute atomic E-state index is 12.6. The Balaban J connectivity index is 1.52. The van der Waals surface area contributed by atoms with Crippen LogP contribution in [0.1, 0.15) is 30.9 Å². The summed E-state index contributed by atoms with van der Waals surface area (Å²) in [6.07, 6.45) is 1.64. The third-order valence-corrected chi connectivity index (χ3v) is 5.66. The highest BCUT2D eigenvalue weighted by Gasteiger charge is 2.25. The van der Waals surface area contributed by atoms with Gasteiger partial charge in [0.15, 0.2) is 0 Å². The minimum atomic E-state index is -0.0343. The zero-order chi connectivity index (χ0) is 21.5. The van der Waals surface area contributed by atoms with Crippen molar-refractivity contribution in [3.8, 4) is 11.5 Å². The molecule has 2 aromatic rings. The molecule has 2 aromatic carbocycles. The van der Waals surface area contributed by atoms with Crippen molar-refractivity contribution in [2.24, 2.45) is 11.0 Å². The van der Waals surface area contributed by atoms with E-state index in [4.69, 9.17) is 21.1 Å². The van der Waals surface area contributed by atoms with Gasteiger partial charge >= 0.3 is 0 Å². The first-order valence-electron chi connectivity index (χ1n) is 10.0. The lowest BCUT2D eigenvalue weighted by atomic mass is 9.96. The lowest BCUT2D eigenvalue weighted by molar-refractivity contribution is -0.126. The number of rotatable bonds is 7. The van der Waals surface area contributed by atoms with Crippen LogP contribution in [0.15, 0.2) is 47.6 Å². The van der Waals surface area contributed by atoms with Gasteiger partial charge in [0.05, 0.1) is 19.9 Å². The molecule has 1 fully saturated rings. The van der Waals surface area contributed by atoms with Gasteiger partial charge in [-0.15, -0.1) is 0 Å². The summed E-state index contributed by atoms with van der Waals surface area (Å²) in [7, 11) is 3.21. The number of carbonyl (C=O) groups is 1. The van der Waals surface area contributed by atoms with Crippen molar-refractivity contribution in [3.05, 3.63) is 58.6 Å². The number of amides is 1. The molecule has 3 rings (SSSR count). The van der Waals surface area contributed by atoms with Crippen LogP contribution < -0.4 is 14.9 Å². The summed E-state index contributed by atoms with van der Waals surface area (Å²) in [6, 6.07) is 13.4. The van der Waals surface area contributed by atoms with Crippen molar-refractivity contribution in [1.82, 2.24) is 10.3 Å². The van der Waals surface area contributed by atoms with Crippen LogP contribution in [0.4, 0.5) is 0 Å². The van der Waals surface area contributed by atoms with E-state index in [0.717, 1.165) is 43.1 Å². The van der Waals surface area contributed by atoms with Gasteiger partial charge in [0.1, 0.15) is 11.5 Å². The van der Waals surface area contributed by atoms with E-state index in [2.05, 4.69) is 15.4 Å². The number of methoxy groups -OCH3 is 2. The van der Waals surface area contributed by atoms with Gasteiger partial charge in [0.25, 0.3) is 0 Å². The molecule has 0 bridgehead atoms. The van der Waals surface area contributed by atoms with Crippen LogP contribution in [0.25, 0.3) is 0 Å². The Bertz CT molecular complexity index is 891. The summed E-state index contributed by atoms with van der Waals surface area (Å²) in [4.78, 5) is 15.0. The zero-order valence-electron chi connectivity index (χ0n) is 17.7. The van der Waals surface area contributed by atoms with Crippen LogP contribution >= 0.6 is 11.6 Å². The molecule has 160 valence electrons. The number of likely N-dealkylation sites (tertiary alicyclic amines) is 1. The molecule has 0 unspecified atom stereocenters. The standard InChI is InChI=1S/C23H28ClN3O3/c1-16(21-9-8-20(29-2)14-22(21)30-3)25-26-23(28)18-10-12-27(13-11-18)15-17-4-6-19(24)7-5-17/h4-9,14,18H,10-13,15H2,1-3H3,(H,26,28)/b25-16+. The molecule has 1 N–H and O–H groups in total. The quantitative estimate of drug-likeness (QED) is 0.531. The first kappa shape index (κ1) is 22.1. The highest BCUT2D eigenvalue weighted by Crippen LogP contribution is 2.25. The van der Waals surface area contributed by atoms with E-state index in [1.54, 1.807) is 20.3 Å². The van der Waals surface area contributed by atoms with Gasteiger partial charge in [-0.1, -0.05) is 23.7 Å². The second-order valence-corrected chi connectivity index (χ2v) is 7.85. The number of piperidine rings is 1. The minimum absolute atomic E-state index is 0.0271.